The topological polar surface area (TPSA) is 79.9 Å². The third-order valence-electron chi connectivity index (χ3n) is 3.96. The lowest BCUT2D eigenvalue weighted by atomic mass is 10.1. The SMILES string of the molecule is CC(=O)c1ccc2nc(Nc3cccnc3Oc3ccccc3I)[nH]c2c1. The van der Waals surface area contributed by atoms with Gasteiger partial charge in [0.25, 0.3) is 0 Å². The van der Waals surface area contributed by atoms with Crippen molar-refractivity contribution in [3.8, 4) is 11.6 Å². The van der Waals surface area contributed by atoms with Crippen LogP contribution in [0.15, 0.2) is 60.8 Å². The number of ether oxygens (including phenoxy) is 1. The zero-order chi connectivity index (χ0) is 18.8. The van der Waals surface area contributed by atoms with Crippen LogP contribution in [0.4, 0.5) is 11.6 Å². The maximum absolute atomic E-state index is 11.6. The number of pyridine rings is 1. The molecule has 0 radical (unpaired) electrons. The van der Waals surface area contributed by atoms with Crippen LogP contribution in [0.25, 0.3) is 11.0 Å². The van der Waals surface area contributed by atoms with Gasteiger partial charge in [0, 0.05) is 11.8 Å². The number of imidazole rings is 1. The van der Waals surface area contributed by atoms with Gasteiger partial charge in [-0.3, -0.25) is 4.79 Å². The highest BCUT2D eigenvalue weighted by molar-refractivity contribution is 14.1. The van der Waals surface area contributed by atoms with E-state index in [-0.39, 0.29) is 5.78 Å². The smallest absolute Gasteiger partial charge is 0.243 e. The van der Waals surface area contributed by atoms with E-state index in [1.54, 1.807) is 25.3 Å². The van der Waals surface area contributed by atoms with Crippen LogP contribution in [0.1, 0.15) is 17.3 Å². The number of anilines is 2. The van der Waals surface area contributed by atoms with Crippen molar-refractivity contribution in [2.75, 3.05) is 5.32 Å². The summed E-state index contributed by atoms with van der Waals surface area (Å²) in [7, 11) is 0. The van der Waals surface area contributed by atoms with Crippen LogP contribution in [0.5, 0.6) is 11.6 Å². The Bertz CT molecular complexity index is 1140. The van der Waals surface area contributed by atoms with E-state index in [0.717, 1.165) is 20.4 Å². The third kappa shape index (κ3) is 3.77. The Labute approximate surface area is 169 Å². The van der Waals surface area contributed by atoms with E-state index >= 15 is 0 Å². The van der Waals surface area contributed by atoms with Gasteiger partial charge in [-0.2, -0.15) is 0 Å². The summed E-state index contributed by atoms with van der Waals surface area (Å²) in [6, 6.07) is 16.8. The van der Waals surface area contributed by atoms with E-state index in [1.165, 1.54) is 0 Å². The summed E-state index contributed by atoms with van der Waals surface area (Å²) < 4.78 is 6.96. The van der Waals surface area contributed by atoms with Crippen molar-refractivity contribution in [3.63, 3.8) is 0 Å². The molecule has 0 aliphatic rings. The minimum Gasteiger partial charge on any atom is -0.436 e. The molecule has 0 amide bonds. The number of nitrogens with one attached hydrogen (secondary N) is 2. The standard InChI is InChI=1S/C20H15IN4O2/c1-12(26)13-8-9-15-17(11-13)25-20(23-15)24-16-6-4-10-22-19(16)27-18-7-3-2-5-14(18)21/h2-11H,1H3,(H2,23,24,25). The molecule has 0 atom stereocenters. The molecule has 0 aliphatic carbocycles. The molecule has 4 aromatic rings. The number of fused-ring (bicyclic) bond motifs is 1. The summed E-state index contributed by atoms with van der Waals surface area (Å²) in [5.41, 5.74) is 2.88. The van der Waals surface area contributed by atoms with Gasteiger partial charge >= 0.3 is 0 Å². The summed E-state index contributed by atoms with van der Waals surface area (Å²) in [6.07, 6.45) is 1.67. The molecule has 0 unspecified atom stereocenters. The molecule has 27 heavy (non-hydrogen) atoms. The Kier molecular flexibility index (Phi) is 4.76. The van der Waals surface area contributed by atoms with Crippen LogP contribution in [0.2, 0.25) is 0 Å². The van der Waals surface area contributed by atoms with E-state index in [9.17, 15) is 4.79 Å². The molecular formula is C20H15IN4O2. The van der Waals surface area contributed by atoms with Crippen LogP contribution in [0.3, 0.4) is 0 Å². The summed E-state index contributed by atoms with van der Waals surface area (Å²) in [5.74, 6) is 1.75. The number of carbonyl (C=O) groups excluding carboxylic acids is 1. The fourth-order valence-electron chi connectivity index (χ4n) is 2.61. The first-order chi connectivity index (χ1) is 13.1. The maximum Gasteiger partial charge on any atom is 0.243 e. The number of aromatic nitrogens is 3. The normalized spacial score (nSPS) is 10.7. The number of ketones is 1. The fourth-order valence-corrected chi connectivity index (χ4v) is 3.11. The molecule has 0 saturated carbocycles. The van der Waals surface area contributed by atoms with Gasteiger partial charge in [-0.15, -0.1) is 0 Å². The highest BCUT2D eigenvalue weighted by atomic mass is 127. The number of hydrogen-bond donors (Lipinski definition) is 2. The monoisotopic (exact) mass is 470 g/mol. The van der Waals surface area contributed by atoms with Gasteiger partial charge in [0.1, 0.15) is 11.4 Å². The number of benzene rings is 2. The Balaban J connectivity index is 1.64. The summed E-state index contributed by atoms with van der Waals surface area (Å²) >= 11 is 2.22. The molecule has 0 fully saturated rings. The number of halogens is 1. The zero-order valence-electron chi connectivity index (χ0n) is 14.4. The molecule has 7 heteroatoms. The van der Waals surface area contributed by atoms with Gasteiger partial charge in [0.15, 0.2) is 5.78 Å². The highest BCUT2D eigenvalue weighted by Crippen LogP contribution is 2.31. The summed E-state index contributed by atoms with van der Waals surface area (Å²) in [4.78, 5) is 23.6. The number of para-hydroxylation sites is 1. The molecule has 0 bridgehead atoms. The number of hydrogen-bond acceptors (Lipinski definition) is 5. The lowest BCUT2D eigenvalue weighted by molar-refractivity contribution is 0.101. The van der Waals surface area contributed by atoms with Gasteiger partial charge in [-0.1, -0.05) is 12.1 Å². The van der Waals surface area contributed by atoms with E-state index in [0.29, 0.717) is 23.1 Å². The van der Waals surface area contributed by atoms with Crippen LogP contribution in [-0.4, -0.2) is 20.7 Å². The van der Waals surface area contributed by atoms with Crippen LogP contribution in [-0.2, 0) is 0 Å². The summed E-state index contributed by atoms with van der Waals surface area (Å²) in [5, 5.41) is 3.21. The number of aromatic amines is 1. The average Bonchev–Trinajstić information content (AvgIpc) is 3.06. The molecule has 134 valence electrons. The van der Waals surface area contributed by atoms with Crippen LogP contribution < -0.4 is 10.1 Å². The van der Waals surface area contributed by atoms with Crippen molar-refractivity contribution < 1.29 is 9.53 Å². The van der Waals surface area contributed by atoms with Gasteiger partial charge < -0.3 is 15.0 Å². The number of H-pyrrole nitrogens is 1. The lowest BCUT2D eigenvalue weighted by Gasteiger charge is -2.11. The van der Waals surface area contributed by atoms with Crippen molar-refractivity contribution >= 4 is 51.0 Å². The first kappa shape index (κ1) is 17.5. The first-order valence-electron chi connectivity index (χ1n) is 8.25. The molecular weight excluding hydrogens is 455 g/mol. The predicted molar refractivity (Wildman–Crippen MR) is 113 cm³/mol. The zero-order valence-corrected chi connectivity index (χ0v) is 16.5. The Hall–Kier alpha value is -2.94. The molecule has 0 saturated heterocycles. The Morgan fingerprint density at radius 2 is 2.00 bits per heavy atom. The third-order valence-corrected chi connectivity index (χ3v) is 4.85. The average molecular weight is 470 g/mol. The molecule has 2 aromatic heterocycles. The van der Waals surface area contributed by atoms with E-state index in [2.05, 4.69) is 42.9 Å². The second kappa shape index (κ2) is 7.36. The van der Waals surface area contributed by atoms with Crippen molar-refractivity contribution in [3.05, 3.63) is 69.9 Å². The molecule has 4 rings (SSSR count). The molecule has 2 N–H and O–H groups in total. The quantitative estimate of drug-likeness (QED) is 0.306. The molecule has 0 aliphatic heterocycles. The number of nitrogens with zero attached hydrogens (tertiary/aromatic N) is 2. The van der Waals surface area contributed by atoms with E-state index in [4.69, 9.17) is 4.74 Å². The molecule has 6 nitrogen and oxygen atoms in total. The van der Waals surface area contributed by atoms with Crippen LogP contribution in [0, 0.1) is 3.57 Å². The Morgan fingerprint density at radius 3 is 2.81 bits per heavy atom. The van der Waals surface area contributed by atoms with Gasteiger partial charge in [-0.05, 0) is 72.0 Å². The predicted octanol–water partition coefficient (Wildman–Crippen LogP) is 5.30. The number of carbonyl (C=O) groups is 1. The van der Waals surface area contributed by atoms with Crippen molar-refractivity contribution in [2.45, 2.75) is 6.92 Å². The number of Topliss-reactive ketones (excluding diaryl/α,β-unsaturated/α-hetero) is 1. The minimum absolute atomic E-state index is 0.0152. The van der Waals surface area contributed by atoms with Crippen molar-refractivity contribution in [1.29, 1.82) is 0 Å². The summed E-state index contributed by atoms with van der Waals surface area (Å²) in [6.45, 7) is 1.54. The van der Waals surface area contributed by atoms with E-state index < -0.39 is 0 Å². The minimum atomic E-state index is 0.0152. The van der Waals surface area contributed by atoms with Crippen molar-refractivity contribution in [2.24, 2.45) is 0 Å². The fraction of sp³-hybridized carbons (Fsp3) is 0.0500. The maximum atomic E-state index is 11.6. The van der Waals surface area contributed by atoms with Crippen LogP contribution >= 0.6 is 22.6 Å². The van der Waals surface area contributed by atoms with Crippen molar-refractivity contribution in [1.82, 2.24) is 15.0 Å². The van der Waals surface area contributed by atoms with E-state index in [1.807, 2.05) is 42.5 Å². The largest absolute Gasteiger partial charge is 0.436 e. The van der Waals surface area contributed by atoms with Gasteiger partial charge in [0.05, 0.1) is 14.6 Å². The Morgan fingerprint density at radius 1 is 1.15 bits per heavy atom. The highest BCUT2D eigenvalue weighted by Gasteiger charge is 2.11. The molecule has 2 heterocycles. The molecule has 2 aromatic carbocycles. The van der Waals surface area contributed by atoms with Gasteiger partial charge in [0.2, 0.25) is 11.8 Å². The van der Waals surface area contributed by atoms with Gasteiger partial charge in [-0.25, -0.2) is 9.97 Å². The first-order valence-corrected chi connectivity index (χ1v) is 9.33. The molecule has 0 spiro atoms. The second-order valence-electron chi connectivity index (χ2n) is 5.89. The second-order valence-corrected chi connectivity index (χ2v) is 7.05. The number of rotatable bonds is 5. The lowest BCUT2D eigenvalue weighted by Crippen LogP contribution is -1.98.